The molecule has 0 aliphatic carbocycles. The Morgan fingerprint density at radius 2 is 2.03 bits per heavy atom. The fourth-order valence-electron chi connectivity index (χ4n) is 5.57. The van der Waals surface area contributed by atoms with E-state index in [1.54, 1.807) is 6.20 Å². The summed E-state index contributed by atoms with van der Waals surface area (Å²) in [7, 11) is 2.17. The number of ether oxygens (including phenoxy) is 2. The molecule has 3 aliphatic heterocycles. The normalized spacial score (nSPS) is 22.2. The van der Waals surface area contributed by atoms with Crippen molar-refractivity contribution < 1.29 is 14.3 Å². The Morgan fingerprint density at radius 3 is 2.86 bits per heavy atom. The van der Waals surface area contributed by atoms with E-state index in [0.29, 0.717) is 25.6 Å². The van der Waals surface area contributed by atoms with Gasteiger partial charge in [-0.25, -0.2) is 0 Å². The van der Waals surface area contributed by atoms with Crippen LogP contribution in [0.25, 0.3) is 0 Å². The van der Waals surface area contributed by atoms with Crippen molar-refractivity contribution in [3.8, 4) is 0 Å². The average molecular weight is 479 g/mol. The minimum absolute atomic E-state index is 0.0490. The van der Waals surface area contributed by atoms with Gasteiger partial charge in [0.05, 0.1) is 24.9 Å². The van der Waals surface area contributed by atoms with Crippen LogP contribution < -0.4 is 4.90 Å². The summed E-state index contributed by atoms with van der Waals surface area (Å²) in [5.41, 5.74) is 4.95. The van der Waals surface area contributed by atoms with Gasteiger partial charge in [-0.3, -0.25) is 14.7 Å². The predicted octanol–water partition coefficient (Wildman–Crippen LogP) is 3.12. The molecule has 0 bridgehead atoms. The molecule has 7 heteroatoms. The van der Waals surface area contributed by atoms with Crippen molar-refractivity contribution in [1.29, 1.82) is 0 Å². The lowest BCUT2D eigenvalue weighted by Crippen LogP contribution is -2.42. The number of anilines is 1. The second kappa shape index (κ2) is 11.5. The maximum atomic E-state index is 13.4. The highest BCUT2D eigenvalue weighted by molar-refractivity contribution is 5.78. The summed E-state index contributed by atoms with van der Waals surface area (Å²) in [6.07, 6.45) is 6.12. The molecule has 1 aromatic heterocycles. The monoisotopic (exact) mass is 478 g/mol. The minimum atomic E-state index is -0.0490. The minimum Gasteiger partial charge on any atom is -0.381 e. The van der Waals surface area contributed by atoms with Gasteiger partial charge in [0, 0.05) is 64.9 Å². The highest BCUT2D eigenvalue weighted by Gasteiger charge is 2.30. The van der Waals surface area contributed by atoms with Crippen LogP contribution in [0, 0.1) is 5.92 Å². The fraction of sp³-hybridized carbons (Fsp3) is 0.571. The van der Waals surface area contributed by atoms with Gasteiger partial charge < -0.3 is 19.3 Å². The van der Waals surface area contributed by atoms with E-state index < -0.39 is 0 Å². The average Bonchev–Trinajstić information content (AvgIpc) is 3.02. The van der Waals surface area contributed by atoms with Crippen molar-refractivity contribution in [2.24, 2.45) is 5.92 Å². The number of rotatable bonds is 7. The molecule has 3 aliphatic rings. The number of pyridine rings is 1. The molecule has 1 amide bonds. The first-order valence-electron chi connectivity index (χ1n) is 13.1. The topological polar surface area (TPSA) is 58.1 Å². The Labute approximate surface area is 209 Å². The van der Waals surface area contributed by atoms with E-state index in [2.05, 4.69) is 40.0 Å². The van der Waals surface area contributed by atoms with Crippen LogP contribution in [0.15, 0.2) is 42.6 Å². The molecule has 2 fully saturated rings. The van der Waals surface area contributed by atoms with Crippen molar-refractivity contribution in [3.63, 3.8) is 0 Å². The molecule has 0 spiro atoms. The van der Waals surface area contributed by atoms with Crippen molar-refractivity contribution >= 4 is 11.6 Å². The van der Waals surface area contributed by atoms with Crippen LogP contribution >= 0.6 is 0 Å². The summed E-state index contributed by atoms with van der Waals surface area (Å²) in [6, 6.07) is 12.7. The molecule has 0 N–H and O–H groups in total. The van der Waals surface area contributed by atoms with E-state index in [1.165, 1.54) is 23.2 Å². The maximum absolute atomic E-state index is 13.4. The van der Waals surface area contributed by atoms with Crippen LogP contribution in [0.5, 0.6) is 0 Å². The summed E-state index contributed by atoms with van der Waals surface area (Å²) < 4.78 is 11.9. The Bertz CT molecular complexity index is 979. The number of fused-ring (bicyclic) bond motifs is 1. The SMILES string of the molecule is CN1CCCc2cc(CN3CC(=O)N(CC4CCOCC4)C[C@H](OCc4ccccn4)C3)ccc21. The van der Waals surface area contributed by atoms with E-state index in [0.717, 1.165) is 64.3 Å². The number of amides is 1. The third kappa shape index (κ3) is 6.40. The largest absolute Gasteiger partial charge is 0.381 e. The van der Waals surface area contributed by atoms with Crippen LogP contribution in [0.3, 0.4) is 0 Å². The van der Waals surface area contributed by atoms with E-state index in [1.807, 2.05) is 23.1 Å². The van der Waals surface area contributed by atoms with Gasteiger partial charge in [-0.2, -0.15) is 0 Å². The smallest absolute Gasteiger partial charge is 0.236 e. The van der Waals surface area contributed by atoms with Gasteiger partial charge in [0.1, 0.15) is 0 Å². The number of hydrogen-bond acceptors (Lipinski definition) is 6. The number of nitrogens with zero attached hydrogens (tertiary/aromatic N) is 4. The van der Waals surface area contributed by atoms with E-state index >= 15 is 0 Å². The first kappa shape index (κ1) is 24.2. The lowest BCUT2D eigenvalue weighted by molar-refractivity contribution is -0.133. The molecule has 188 valence electrons. The van der Waals surface area contributed by atoms with Crippen LogP contribution in [0.4, 0.5) is 5.69 Å². The number of carbonyl (C=O) groups excluding carboxylic acids is 1. The molecular weight excluding hydrogens is 440 g/mol. The molecule has 1 atom stereocenters. The number of benzene rings is 1. The zero-order valence-corrected chi connectivity index (χ0v) is 20.9. The Morgan fingerprint density at radius 1 is 1.14 bits per heavy atom. The van der Waals surface area contributed by atoms with Crippen LogP contribution in [0.1, 0.15) is 36.1 Å². The molecule has 0 saturated carbocycles. The summed E-state index contributed by atoms with van der Waals surface area (Å²) in [5.74, 6) is 0.714. The number of hydrogen-bond donors (Lipinski definition) is 0. The second-order valence-electron chi connectivity index (χ2n) is 10.3. The highest BCUT2D eigenvalue weighted by atomic mass is 16.5. The number of aromatic nitrogens is 1. The van der Waals surface area contributed by atoms with Gasteiger partial charge in [0.15, 0.2) is 0 Å². The van der Waals surface area contributed by atoms with Crippen LogP contribution in [0.2, 0.25) is 0 Å². The van der Waals surface area contributed by atoms with Gasteiger partial charge in [0.25, 0.3) is 0 Å². The first-order chi connectivity index (χ1) is 17.1. The molecule has 1 aromatic carbocycles. The Hall–Kier alpha value is -2.48. The molecule has 2 aromatic rings. The van der Waals surface area contributed by atoms with Crippen LogP contribution in [-0.2, 0) is 33.8 Å². The summed E-state index contributed by atoms with van der Waals surface area (Å²) in [4.78, 5) is 24.4. The van der Waals surface area contributed by atoms with Crippen molar-refractivity contribution in [2.75, 3.05) is 57.9 Å². The van der Waals surface area contributed by atoms with Crippen molar-refractivity contribution in [2.45, 2.75) is 44.9 Å². The standard InChI is InChI=1S/C28H38N4O3/c1-30-12-4-5-24-15-23(7-8-27(24)30)16-31-18-26(35-21-25-6-2-3-11-29-25)19-32(28(33)20-31)17-22-9-13-34-14-10-22/h2-3,6-8,11,15,22,26H,4-5,9-10,12-14,16-21H2,1H3/t26-/m1/s1. The molecule has 0 radical (unpaired) electrons. The second-order valence-corrected chi connectivity index (χ2v) is 10.3. The first-order valence-corrected chi connectivity index (χ1v) is 13.1. The zero-order valence-electron chi connectivity index (χ0n) is 20.9. The van der Waals surface area contributed by atoms with E-state index in [4.69, 9.17) is 9.47 Å². The van der Waals surface area contributed by atoms with Crippen molar-refractivity contribution in [3.05, 3.63) is 59.4 Å². The number of carbonyl (C=O) groups is 1. The molecule has 5 rings (SSSR count). The molecular formula is C28H38N4O3. The number of aryl methyl sites for hydroxylation is 1. The molecule has 7 nitrogen and oxygen atoms in total. The van der Waals surface area contributed by atoms with Gasteiger partial charge >= 0.3 is 0 Å². The van der Waals surface area contributed by atoms with Crippen LogP contribution in [-0.4, -0.2) is 79.8 Å². The van der Waals surface area contributed by atoms with E-state index in [-0.39, 0.29) is 12.0 Å². The van der Waals surface area contributed by atoms with Gasteiger partial charge in [-0.15, -0.1) is 0 Å². The predicted molar refractivity (Wildman–Crippen MR) is 136 cm³/mol. The molecule has 35 heavy (non-hydrogen) atoms. The highest BCUT2D eigenvalue weighted by Crippen LogP contribution is 2.27. The van der Waals surface area contributed by atoms with Crippen molar-refractivity contribution in [1.82, 2.24) is 14.8 Å². The fourth-order valence-corrected chi connectivity index (χ4v) is 5.57. The molecule has 2 saturated heterocycles. The lowest BCUT2D eigenvalue weighted by atomic mass is 9.99. The Kier molecular flexibility index (Phi) is 7.96. The van der Waals surface area contributed by atoms with Gasteiger partial charge in [0.2, 0.25) is 5.91 Å². The maximum Gasteiger partial charge on any atom is 0.236 e. The molecule has 4 heterocycles. The summed E-state index contributed by atoms with van der Waals surface area (Å²) in [6.45, 7) is 6.53. The summed E-state index contributed by atoms with van der Waals surface area (Å²) in [5, 5.41) is 0. The third-order valence-corrected chi connectivity index (χ3v) is 7.51. The van der Waals surface area contributed by atoms with E-state index in [9.17, 15) is 4.79 Å². The van der Waals surface area contributed by atoms with Gasteiger partial charge in [-0.05, 0) is 60.9 Å². The quantitative estimate of drug-likeness (QED) is 0.610. The summed E-state index contributed by atoms with van der Waals surface area (Å²) >= 11 is 0. The molecule has 0 unspecified atom stereocenters. The lowest BCUT2D eigenvalue weighted by Gasteiger charge is -2.30. The zero-order chi connectivity index (χ0) is 24.0. The third-order valence-electron chi connectivity index (χ3n) is 7.51. The van der Waals surface area contributed by atoms with Gasteiger partial charge in [-0.1, -0.05) is 18.2 Å². The Balaban J connectivity index is 1.29.